The lowest BCUT2D eigenvalue weighted by molar-refractivity contribution is -0.384. The van der Waals surface area contributed by atoms with Gasteiger partial charge in [-0.25, -0.2) is 17.6 Å². The molecule has 0 radical (unpaired) electrons. The second kappa shape index (κ2) is 10.3. The van der Waals surface area contributed by atoms with Crippen LogP contribution in [0.5, 0.6) is 0 Å². The van der Waals surface area contributed by atoms with E-state index in [1.54, 1.807) is 0 Å². The Bertz CT molecular complexity index is 1370. The second-order valence-electron chi connectivity index (χ2n) is 6.69. The molecule has 0 atom stereocenters. The summed E-state index contributed by atoms with van der Waals surface area (Å²) in [5, 5.41) is 13.1. The van der Waals surface area contributed by atoms with E-state index < -0.39 is 44.9 Å². The van der Waals surface area contributed by atoms with Crippen LogP contribution in [0.15, 0.2) is 71.6 Å². The van der Waals surface area contributed by atoms with E-state index >= 15 is 0 Å². The predicted molar refractivity (Wildman–Crippen MR) is 121 cm³/mol. The van der Waals surface area contributed by atoms with Crippen LogP contribution in [0.3, 0.4) is 0 Å². The summed E-state index contributed by atoms with van der Waals surface area (Å²) < 4.78 is 45.3. The van der Waals surface area contributed by atoms with E-state index in [1.807, 2.05) is 0 Å². The molecule has 0 fully saturated rings. The average molecular weight is 508 g/mol. The van der Waals surface area contributed by atoms with Crippen molar-refractivity contribution in [2.75, 3.05) is 16.6 Å². The molecule has 34 heavy (non-hydrogen) atoms. The van der Waals surface area contributed by atoms with Gasteiger partial charge in [0.05, 0.1) is 15.4 Å². The number of ether oxygens (including phenoxy) is 1. The molecule has 176 valence electrons. The number of hydrogen-bond acceptors (Lipinski definition) is 7. The third-order valence-electron chi connectivity index (χ3n) is 4.24. The minimum absolute atomic E-state index is 0.0668. The molecule has 0 saturated carbocycles. The van der Waals surface area contributed by atoms with Gasteiger partial charge in [-0.1, -0.05) is 17.7 Å². The fourth-order valence-electron chi connectivity index (χ4n) is 2.66. The summed E-state index contributed by atoms with van der Waals surface area (Å²) in [7, 11) is -4.09. The van der Waals surface area contributed by atoms with Crippen molar-refractivity contribution in [1.82, 2.24) is 0 Å². The van der Waals surface area contributed by atoms with Gasteiger partial charge in [0.15, 0.2) is 6.61 Å². The van der Waals surface area contributed by atoms with E-state index in [0.717, 1.165) is 24.3 Å². The smallest absolute Gasteiger partial charge is 0.338 e. The lowest BCUT2D eigenvalue weighted by Crippen LogP contribution is -2.21. The molecule has 0 spiro atoms. The molecule has 3 aromatic rings. The van der Waals surface area contributed by atoms with Crippen molar-refractivity contribution in [1.29, 1.82) is 0 Å². The summed E-state index contributed by atoms with van der Waals surface area (Å²) in [6, 6.07) is 13.1. The molecular weight excluding hydrogens is 493 g/mol. The maximum atomic E-state index is 13.0. The first-order valence-corrected chi connectivity index (χ1v) is 11.2. The van der Waals surface area contributed by atoms with E-state index in [0.29, 0.717) is 0 Å². The topological polar surface area (TPSA) is 145 Å². The number of carbonyl (C=O) groups is 2. The highest BCUT2D eigenvalue weighted by Crippen LogP contribution is 2.27. The summed E-state index contributed by atoms with van der Waals surface area (Å²) in [6.45, 7) is -0.736. The molecule has 0 aromatic heterocycles. The van der Waals surface area contributed by atoms with Crippen LogP contribution in [0.2, 0.25) is 5.02 Å². The largest absolute Gasteiger partial charge is 0.452 e. The van der Waals surface area contributed by atoms with Gasteiger partial charge in [0.2, 0.25) is 0 Å². The zero-order valence-corrected chi connectivity index (χ0v) is 18.6. The maximum Gasteiger partial charge on any atom is 0.338 e. The Morgan fingerprint density at radius 2 is 1.71 bits per heavy atom. The molecule has 0 heterocycles. The Balaban J connectivity index is 1.64. The molecule has 3 aromatic carbocycles. The molecule has 0 aliphatic rings. The number of sulfonamides is 1. The predicted octanol–water partition coefficient (Wildman–Crippen LogP) is 3.98. The van der Waals surface area contributed by atoms with Crippen molar-refractivity contribution in [3.63, 3.8) is 0 Å². The van der Waals surface area contributed by atoms with Crippen LogP contribution in [0.1, 0.15) is 10.4 Å². The lowest BCUT2D eigenvalue weighted by Gasteiger charge is -2.10. The number of anilines is 2. The average Bonchev–Trinajstić information content (AvgIpc) is 2.80. The van der Waals surface area contributed by atoms with E-state index in [-0.39, 0.29) is 26.9 Å². The molecule has 10 nitrogen and oxygen atoms in total. The quantitative estimate of drug-likeness (QED) is 0.266. The van der Waals surface area contributed by atoms with E-state index in [9.17, 15) is 32.5 Å². The molecule has 13 heteroatoms. The minimum Gasteiger partial charge on any atom is -0.452 e. The highest BCUT2D eigenvalue weighted by atomic mass is 35.5. The van der Waals surface area contributed by atoms with Crippen LogP contribution in [0.4, 0.5) is 21.5 Å². The maximum absolute atomic E-state index is 13.0. The van der Waals surface area contributed by atoms with Gasteiger partial charge < -0.3 is 10.1 Å². The zero-order valence-electron chi connectivity index (χ0n) is 17.0. The molecule has 0 aliphatic carbocycles. The Hall–Kier alpha value is -4.03. The molecule has 0 unspecified atom stereocenters. The van der Waals surface area contributed by atoms with Crippen LogP contribution >= 0.6 is 11.6 Å². The highest BCUT2D eigenvalue weighted by molar-refractivity contribution is 7.92. The molecule has 3 rings (SSSR count). The number of amides is 1. The standard InChI is InChI=1S/C21H15ClFN3O7S/c22-18-9-8-16(11-19(18)26(29)30)24-20(27)12-33-21(28)13-2-1-3-17(10-13)34(31,32)25-15-6-4-14(23)5-7-15/h1-11,25H,12H2,(H,24,27). The van der Waals surface area contributed by atoms with Gasteiger partial charge in [0.1, 0.15) is 10.8 Å². The minimum atomic E-state index is -4.09. The Morgan fingerprint density at radius 1 is 1.03 bits per heavy atom. The number of nitrogens with one attached hydrogen (secondary N) is 2. The molecular formula is C21H15ClFN3O7S. The number of nitro benzene ring substituents is 1. The van der Waals surface area contributed by atoms with Gasteiger partial charge in [-0.15, -0.1) is 0 Å². The van der Waals surface area contributed by atoms with Crippen LogP contribution in [0.25, 0.3) is 0 Å². The fourth-order valence-corrected chi connectivity index (χ4v) is 3.95. The number of halogens is 2. The van der Waals surface area contributed by atoms with Crippen molar-refractivity contribution in [2.45, 2.75) is 4.90 Å². The van der Waals surface area contributed by atoms with Crippen molar-refractivity contribution in [3.05, 3.63) is 93.2 Å². The van der Waals surface area contributed by atoms with Crippen LogP contribution < -0.4 is 10.0 Å². The normalized spacial score (nSPS) is 10.9. The summed E-state index contributed by atoms with van der Waals surface area (Å²) in [4.78, 5) is 34.3. The number of benzene rings is 3. The lowest BCUT2D eigenvalue weighted by atomic mass is 10.2. The van der Waals surface area contributed by atoms with Gasteiger partial charge in [-0.05, 0) is 54.6 Å². The van der Waals surface area contributed by atoms with Crippen molar-refractivity contribution >= 4 is 50.6 Å². The summed E-state index contributed by atoms with van der Waals surface area (Å²) in [6.07, 6.45) is 0. The van der Waals surface area contributed by atoms with Gasteiger partial charge in [-0.2, -0.15) is 0 Å². The molecule has 2 N–H and O–H groups in total. The molecule has 0 saturated heterocycles. The summed E-state index contributed by atoms with van der Waals surface area (Å²) >= 11 is 5.71. The first kappa shape index (κ1) is 24.6. The number of esters is 1. The van der Waals surface area contributed by atoms with Gasteiger partial charge in [-0.3, -0.25) is 19.6 Å². The van der Waals surface area contributed by atoms with Crippen molar-refractivity contribution in [2.24, 2.45) is 0 Å². The molecule has 0 aliphatic heterocycles. The van der Waals surface area contributed by atoms with Crippen LogP contribution in [-0.4, -0.2) is 31.8 Å². The second-order valence-corrected chi connectivity index (χ2v) is 8.78. The van der Waals surface area contributed by atoms with E-state index in [1.165, 1.54) is 42.5 Å². The zero-order chi connectivity index (χ0) is 24.9. The number of carbonyl (C=O) groups excluding carboxylic acids is 2. The SMILES string of the molecule is O=C(COC(=O)c1cccc(S(=O)(=O)Nc2ccc(F)cc2)c1)Nc1ccc(Cl)c([N+](=O)[O-])c1. The molecule has 0 bridgehead atoms. The Labute approximate surface area is 197 Å². The third-order valence-corrected chi connectivity index (χ3v) is 5.94. The first-order valence-electron chi connectivity index (χ1n) is 9.34. The van der Waals surface area contributed by atoms with Gasteiger partial charge >= 0.3 is 5.97 Å². The Morgan fingerprint density at radius 3 is 2.38 bits per heavy atom. The number of hydrogen-bond donors (Lipinski definition) is 2. The third kappa shape index (κ3) is 6.27. The van der Waals surface area contributed by atoms with Crippen LogP contribution in [-0.2, 0) is 19.6 Å². The van der Waals surface area contributed by atoms with E-state index in [2.05, 4.69) is 10.0 Å². The number of nitro groups is 1. The van der Waals surface area contributed by atoms with Crippen LogP contribution in [0, 0.1) is 15.9 Å². The Kier molecular flexibility index (Phi) is 7.44. The van der Waals surface area contributed by atoms with E-state index in [4.69, 9.17) is 16.3 Å². The van der Waals surface area contributed by atoms with Gasteiger partial charge in [0.25, 0.3) is 21.6 Å². The fraction of sp³-hybridized carbons (Fsp3) is 0.0476. The highest BCUT2D eigenvalue weighted by Gasteiger charge is 2.19. The molecule has 1 amide bonds. The summed E-state index contributed by atoms with van der Waals surface area (Å²) in [5.74, 6) is -2.30. The number of rotatable bonds is 8. The summed E-state index contributed by atoms with van der Waals surface area (Å²) in [5.41, 5.74) is -0.369. The van der Waals surface area contributed by atoms with Crippen molar-refractivity contribution in [3.8, 4) is 0 Å². The van der Waals surface area contributed by atoms with Crippen molar-refractivity contribution < 1.29 is 32.1 Å². The first-order chi connectivity index (χ1) is 16.0. The number of nitrogens with zero attached hydrogens (tertiary/aromatic N) is 1. The van der Waals surface area contributed by atoms with Gasteiger partial charge in [0, 0.05) is 17.4 Å². The monoisotopic (exact) mass is 507 g/mol.